The van der Waals surface area contributed by atoms with Crippen LogP contribution in [0.25, 0.3) is 0 Å². The van der Waals surface area contributed by atoms with Crippen molar-refractivity contribution in [2.75, 3.05) is 6.54 Å². The van der Waals surface area contributed by atoms with E-state index >= 15 is 0 Å². The van der Waals surface area contributed by atoms with Crippen LogP contribution in [-0.4, -0.2) is 6.54 Å². The first-order chi connectivity index (χ1) is 8.31. The van der Waals surface area contributed by atoms with Crippen LogP contribution in [0.1, 0.15) is 57.1 Å². The zero-order valence-electron chi connectivity index (χ0n) is 11.2. The van der Waals surface area contributed by atoms with Gasteiger partial charge in [0.25, 0.3) is 0 Å². The summed E-state index contributed by atoms with van der Waals surface area (Å²) in [6.07, 6.45) is 7.45. The lowest BCUT2D eigenvalue weighted by molar-refractivity contribution is 0.375. The van der Waals surface area contributed by atoms with Crippen molar-refractivity contribution in [3.05, 3.63) is 36.3 Å². The van der Waals surface area contributed by atoms with Crippen molar-refractivity contribution in [1.82, 2.24) is 5.32 Å². The molecule has 0 spiro atoms. The first-order valence-corrected chi connectivity index (χ1v) is 6.74. The van der Waals surface area contributed by atoms with Gasteiger partial charge in [-0.1, -0.05) is 19.9 Å². The third kappa shape index (κ3) is 4.78. The highest BCUT2D eigenvalue weighted by atomic mass is 16.3. The summed E-state index contributed by atoms with van der Waals surface area (Å²) < 4.78 is 5.83. The Morgan fingerprint density at radius 1 is 1.41 bits per heavy atom. The molecule has 0 saturated heterocycles. The SMILES string of the molecule is C=CCCCC(NCCC)c1ccc(CC)o1. The summed E-state index contributed by atoms with van der Waals surface area (Å²) >= 11 is 0. The van der Waals surface area contributed by atoms with Crippen LogP contribution in [-0.2, 0) is 6.42 Å². The monoisotopic (exact) mass is 235 g/mol. The van der Waals surface area contributed by atoms with E-state index in [-0.39, 0.29) is 0 Å². The Bertz CT molecular complexity index is 316. The Morgan fingerprint density at radius 2 is 2.24 bits per heavy atom. The third-order valence-corrected chi connectivity index (χ3v) is 2.92. The Hall–Kier alpha value is -1.02. The molecule has 0 radical (unpaired) electrons. The molecule has 0 aliphatic carbocycles. The molecule has 0 aliphatic heterocycles. The second kappa shape index (κ2) is 8.13. The molecule has 17 heavy (non-hydrogen) atoms. The lowest BCUT2D eigenvalue weighted by Crippen LogP contribution is -2.21. The van der Waals surface area contributed by atoms with Gasteiger partial charge in [-0.25, -0.2) is 0 Å². The maximum atomic E-state index is 5.83. The largest absolute Gasteiger partial charge is 0.464 e. The van der Waals surface area contributed by atoms with Crippen LogP contribution in [0.5, 0.6) is 0 Å². The van der Waals surface area contributed by atoms with Gasteiger partial charge in [-0.05, 0) is 44.4 Å². The van der Waals surface area contributed by atoms with Crippen LogP contribution < -0.4 is 5.32 Å². The van der Waals surface area contributed by atoms with Gasteiger partial charge in [-0.15, -0.1) is 6.58 Å². The molecule has 0 bridgehead atoms. The third-order valence-electron chi connectivity index (χ3n) is 2.92. The van der Waals surface area contributed by atoms with Crippen molar-refractivity contribution in [1.29, 1.82) is 0 Å². The summed E-state index contributed by atoms with van der Waals surface area (Å²) in [5.74, 6) is 2.16. The zero-order valence-corrected chi connectivity index (χ0v) is 11.2. The van der Waals surface area contributed by atoms with Gasteiger partial charge in [-0.2, -0.15) is 0 Å². The van der Waals surface area contributed by atoms with E-state index in [1.807, 2.05) is 6.08 Å². The molecule has 96 valence electrons. The van der Waals surface area contributed by atoms with Gasteiger partial charge in [0.2, 0.25) is 0 Å². The van der Waals surface area contributed by atoms with Gasteiger partial charge >= 0.3 is 0 Å². The second-order valence-corrected chi connectivity index (χ2v) is 4.38. The number of aryl methyl sites for hydroxylation is 1. The van der Waals surface area contributed by atoms with Crippen LogP contribution in [0.15, 0.2) is 29.2 Å². The number of hydrogen-bond donors (Lipinski definition) is 1. The molecule has 1 N–H and O–H groups in total. The number of hydrogen-bond acceptors (Lipinski definition) is 2. The summed E-state index contributed by atoms with van der Waals surface area (Å²) in [6.45, 7) is 9.12. The van der Waals surface area contributed by atoms with E-state index in [1.165, 1.54) is 0 Å². The lowest BCUT2D eigenvalue weighted by Gasteiger charge is -2.15. The fourth-order valence-corrected chi connectivity index (χ4v) is 1.90. The van der Waals surface area contributed by atoms with E-state index in [0.717, 1.165) is 50.2 Å². The summed E-state index contributed by atoms with van der Waals surface area (Å²) in [5.41, 5.74) is 0. The molecule has 0 aliphatic rings. The standard InChI is InChI=1S/C15H25NO/c1-4-7-8-9-14(16-12-5-2)15-11-10-13(6-3)17-15/h4,10-11,14,16H,1,5-9,12H2,2-3H3. The number of allylic oxidation sites excluding steroid dienone is 1. The molecular formula is C15H25NO. The molecule has 1 aromatic heterocycles. The van der Waals surface area contributed by atoms with Gasteiger partial charge in [0.15, 0.2) is 0 Å². The summed E-state index contributed by atoms with van der Waals surface area (Å²) in [7, 11) is 0. The molecule has 0 aromatic carbocycles. The summed E-state index contributed by atoms with van der Waals surface area (Å²) in [4.78, 5) is 0. The van der Waals surface area contributed by atoms with Gasteiger partial charge < -0.3 is 9.73 Å². The molecule has 1 unspecified atom stereocenters. The van der Waals surface area contributed by atoms with Crippen molar-refractivity contribution in [3.63, 3.8) is 0 Å². The highest BCUT2D eigenvalue weighted by molar-refractivity contribution is 5.10. The van der Waals surface area contributed by atoms with Crippen LogP contribution >= 0.6 is 0 Å². The quantitative estimate of drug-likeness (QED) is 0.511. The normalized spacial score (nSPS) is 12.6. The molecule has 1 aromatic rings. The summed E-state index contributed by atoms with van der Waals surface area (Å²) in [5, 5.41) is 3.55. The Morgan fingerprint density at radius 3 is 2.82 bits per heavy atom. The van der Waals surface area contributed by atoms with E-state index in [0.29, 0.717) is 6.04 Å². The zero-order chi connectivity index (χ0) is 12.5. The van der Waals surface area contributed by atoms with Crippen LogP contribution in [0.2, 0.25) is 0 Å². The van der Waals surface area contributed by atoms with Crippen molar-refractivity contribution in [2.45, 2.75) is 52.0 Å². The topological polar surface area (TPSA) is 25.2 Å². The molecule has 2 nitrogen and oxygen atoms in total. The predicted octanol–water partition coefficient (Wildman–Crippen LogP) is 4.24. The first kappa shape index (κ1) is 14.0. The number of furan rings is 1. The smallest absolute Gasteiger partial charge is 0.121 e. The highest BCUT2D eigenvalue weighted by Crippen LogP contribution is 2.22. The fourth-order valence-electron chi connectivity index (χ4n) is 1.90. The molecule has 2 heteroatoms. The van der Waals surface area contributed by atoms with Crippen molar-refractivity contribution in [2.24, 2.45) is 0 Å². The van der Waals surface area contributed by atoms with Crippen molar-refractivity contribution in [3.8, 4) is 0 Å². The second-order valence-electron chi connectivity index (χ2n) is 4.38. The van der Waals surface area contributed by atoms with Gasteiger partial charge in [0.1, 0.15) is 11.5 Å². The fraction of sp³-hybridized carbons (Fsp3) is 0.600. The van der Waals surface area contributed by atoms with Crippen molar-refractivity contribution >= 4 is 0 Å². The van der Waals surface area contributed by atoms with Gasteiger partial charge in [0.05, 0.1) is 6.04 Å². The van der Waals surface area contributed by atoms with Gasteiger partial charge in [0, 0.05) is 6.42 Å². The molecule has 0 saturated carbocycles. The Balaban J connectivity index is 2.56. The maximum absolute atomic E-state index is 5.83. The van der Waals surface area contributed by atoms with Gasteiger partial charge in [-0.3, -0.25) is 0 Å². The average molecular weight is 235 g/mol. The minimum atomic E-state index is 0.357. The van der Waals surface area contributed by atoms with E-state index in [2.05, 4.69) is 37.9 Å². The van der Waals surface area contributed by atoms with Crippen LogP contribution in [0.4, 0.5) is 0 Å². The van der Waals surface area contributed by atoms with Crippen LogP contribution in [0, 0.1) is 0 Å². The molecule has 1 atom stereocenters. The molecule has 1 rings (SSSR count). The van der Waals surface area contributed by atoms with Crippen molar-refractivity contribution < 1.29 is 4.42 Å². The summed E-state index contributed by atoms with van der Waals surface area (Å²) in [6, 6.07) is 4.55. The highest BCUT2D eigenvalue weighted by Gasteiger charge is 2.13. The molecular weight excluding hydrogens is 210 g/mol. The Labute approximate surface area is 105 Å². The first-order valence-electron chi connectivity index (χ1n) is 6.74. The van der Waals surface area contributed by atoms with Crippen LogP contribution in [0.3, 0.4) is 0 Å². The Kier molecular flexibility index (Phi) is 6.71. The predicted molar refractivity (Wildman–Crippen MR) is 73.2 cm³/mol. The number of unbranched alkanes of at least 4 members (excludes halogenated alkanes) is 1. The van der Waals surface area contributed by atoms with E-state index in [9.17, 15) is 0 Å². The minimum Gasteiger partial charge on any atom is -0.464 e. The number of nitrogens with one attached hydrogen (secondary N) is 1. The maximum Gasteiger partial charge on any atom is 0.121 e. The average Bonchev–Trinajstić information content (AvgIpc) is 2.82. The minimum absolute atomic E-state index is 0.357. The molecule has 0 fully saturated rings. The van der Waals surface area contributed by atoms with E-state index in [1.54, 1.807) is 0 Å². The van der Waals surface area contributed by atoms with E-state index < -0.39 is 0 Å². The lowest BCUT2D eigenvalue weighted by atomic mass is 10.1. The van der Waals surface area contributed by atoms with E-state index in [4.69, 9.17) is 4.42 Å². The number of rotatable bonds is 9. The molecule has 0 amide bonds. The molecule has 1 heterocycles.